The van der Waals surface area contributed by atoms with Crippen molar-refractivity contribution in [1.82, 2.24) is 0 Å². The second kappa shape index (κ2) is 6.24. The van der Waals surface area contributed by atoms with E-state index in [1.54, 1.807) is 12.1 Å². The summed E-state index contributed by atoms with van der Waals surface area (Å²) < 4.78 is 49.8. The van der Waals surface area contributed by atoms with E-state index in [4.69, 9.17) is 9.47 Å². The number of ether oxygens (including phenoxy) is 2. The molecule has 122 valence electrons. The summed E-state index contributed by atoms with van der Waals surface area (Å²) in [5, 5.41) is 0. The van der Waals surface area contributed by atoms with E-state index in [2.05, 4.69) is 0 Å². The van der Waals surface area contributed by atoms with Crippen molar-refractivity contribution in [3.05, 3.63) is 59.2 Å². The maximum Gasteiger partial charge on any atom is 0.416 e. The monoisotopic (exact) mass is 322 g/mol. The third-order valence-electron chi connectivity index (χ3n) is 3.68. The van der Waals surface area contributed by atoms with Gasteiger partial charge in [-0.3, -0.25) is 0 Å². The van der Waals surface area contributed by atoms with Crippen LogP contribution in [0, 0.1) is 6.92 Å². The van der Waals surface area contributed by atoms with Gasteiger partial charge in [-0.05, 0) is 55.2 Å². The molecule has 5 heteroatoms. The van der Waals surface area contributed by atoms with Gasteiger partial charge in [-0.2, -0.15) is 13.2 Å². The number of aryl methyl sites for hydroxylation is 1. The van der Waals surface area contributed by atoms with Crippen LogP contribution in [-0.2, 0) is 17.5 Å². The summed E-state index contributed by atoms with van der Waals surface area (Å²) in [6.45, 7) is 1.98. The van der Waals surface area contributed by atoms with Crippen LogP contribution in [0.25, 0.3) is 0 Å². The Morgan fingerprint density at radius 1 is 1.00 bits per heavy atom. The van der Waals surface area contributed by atoms with Crippen molar-refractivity contribution in [1.29, 1.82) is 0 Å². The molecular weight excluding hydrogens is 305 g/mol. The van der Waals surface area contributed by atoms with Gasteiger partial charge in [0.05, 0.1) is 18.3 Å². The smallest absolute Gasteiger partial charge is 0.416 e. The Bertz CT molecular complexity index is 674. The van der Waals surface area contributed by atoms with E-state index in [9.17, 15) is 13.2 Å². The summed E-state index contributed by atoms with van der Waals surface area (Å²) in [5.41, 5.74) is 0.519. The van der Waals surface area contributed by atoms with E-state index in [-0.39, 0.29) is 11.3 Å². The molecule has 0 aliphatic heterocycles. The number of halogens is 3. The minimum absolute atomic E-state index is 0.171. The quantitative estimate of drug-likeness (QED) is 0.725. The van der Waals surface area contributed by atoms with Gasteiger partial charge in [-0.25, -0.2) is 0 Å². The topological polar surface area (TPSA) is 18.5 Å². The predicted octanol–water partition coefficient (Wildman–Crippen LogP) is 5.49. The van der Waals surface area contributed by atoms with Gasteiger partial charge in [0.15, 0.2) is 0 Å². The molecule has 1 aliphatic carbocycles. The molecule has 0 radical (unpaired) electrons. The first-order valence-electron chi connectivity index (χ1n) is 7.48. The highest BCUT2D eigenvalue weighted by atomic mass is 19.4. The van der Waals surface area contributed by atoms with Crippen LogP contribution in [0.1, 0.15) is 29.5 Å². The summed E-state index contributed by atoms with van der Waals surface area (Å²) in [6, 6.07) is 11.2. The van der Waals surface area contributed by atoms with Crippen molar-refractivity contribution in [2.24, 2.45) is 0 Å². The second-order valence-corrected chi connectivity index (χ2v) is 5.73. The van der Waals surface area contributed by atoms with E-state index in [1.165, 1.54) is 19.1 Å². The Morgan fingerprint density at radius 3 is 2.26 bits per heavy atom. The van der Waals surface area contributed by atoms with Crippen LogP contribution in [0.2, 0.25) is 0 Å². The average molecular weight is 322 g/mol. The normalized spacial score (nSPS) is 14.8. The first kappa shape index (κ1) is 15.9. The fourth-order valence-corrected chi connectivity index (χ4v) is 2.21. The van der Waals surface area contributed by atoms with E-state index in [0.29, 0.717) is 18.5 Å². The molecule has 0 N–H and O–H groups in total. The van der Waals surface area contributed by atoms with Crippen molar-refractivity contribution in [3.8, 4) is 11.5 Å². The van der Waals surface area contributed by atoms with Crippen molar-refractivity contribution in [2.45, 2.75) is 38.7 Å². The number of benzene rings is 2. The SMILES string of the molecule is Cc1ccc(Oc2ccc(COC3CC3)cc2)cc1C(F)(F)F. The molecule has 1 saturated carbocycles. The third kappa shape index (κ3) is 4.26. The molecule has 1 aliphatic rings. The zero-order chi connectivity index (χ0) is 16.4. The number of alkyl halides is 3. The molecule has 0 bridgehead atoms. The summed E-state index contributed by atoms with van der Waals surface area (Å²) in [4.78, 5) is 0. The lowest BCUT2D eigenvalue weighted by Crippen LogP contribution is -2.07. The van der Waals surface area contributed by atoms with Gasteiger partial charge < -0.3 is 9.47 Å². The van der Waals surface area contributed by atoms with Crippen molar-refractivity contribution in [2.75, 3.05) is 0 Å². The molecule has 3 rings (SSSR count). The zero-order valence-electron chi connectivity index (χ0n) is 12.7. The lowest BCUT2D eigenvalue weighted by atomic mass is 10.1. The Kier molecular flexibility index (Phi) is 4.31. The summed E-state index contributed by atoms with van der Waals surface area (Å²) in [7, 11) is 0. The summed E-state index contributed by atoms with van der Waals surface area (Å²) in [6.07, 6.45) is -1.75. The first-order valence-corrected chi connectivity index (χ1v) is 7.48. The van der Waals surface area contributed by atoms with Crippen molar-refractivity contribution < 1.29 is 22.6 Å². The summed E-state index contributed by atoms with van der Waals surface area (Å²) in [5.74, 6) is 0.669. The van der Waals surface area contributed by atoms with Crippen LogP contribution in [0.4, 0.5) is 13.2 Å². The standard InChI is InChI=1S/C18H17F3O2/c1-12-2-5-16(10-17(12)18(19,20)21)23-15-6-3-13(4-7-15)11-22-14-8-9-14/h2-7,10,14H,8-9,11H2,1H3. The second-order valence-electron chi connectivity index (χ2n) is 5.73. The van der Waals surface area contributed by atoms with Crippen molar-refractivity contribution in [3.63, 3.8) is 0 Å². The van der Waals surface area contributed by atoms with Gasteiger partial charge in [0.25, 0.3) is 0 Å². The molecule has 0 spiro atoms. The third-order valence-corrected chi connectivity index (χ3v) is 3.68. The van der Waals surface area contributed by atoms with E-state index in [0.717, 1.165) is 24.5 Å². The minimum atomic E-state index is -4.38. The fourth-order valence-electron chi connectivity index (χ4n) is 2.21. The maximum atomic E-state index is 12.9. The molecule has 0 atom stereocenters. The first-order chi connectivity index (χ1) is 10.9. The minimum Gasteiger partial charge on any atom is -0.457 e. The number of hydrogen-bond donors (Lipinski definition) is 0. The fraction of sp³-hybridized carbons (Fsp3) is 0.333. The van der Waals surface area contributed by atoms with Gasteiger partial charge in [-0.15, -0.1) is 0 Å². The van der Waals surface area contributed by atoms with Crippen LogP contribution < -0.4 is 4.74 Å². The van der Waals surface area contributed by atoms with Crippen LogP contribution in [-0.4, -0.2) is 6.10 Å². The van der Waals surface area contributed by atoms with E-state index >= 15 is 0 Å². The van der Waals surface area contributed by atoms with Gasteiger partial charge in [0, 0.05) is 0 Å². The van der Waals surface area contributed by atoms with Crippen LogP contribution in [0.15, 0.2) is 42.5 Å². The van der Waals surface area contributed by atoms with Gasteiger partial charge in [0.1, 0.15) is 11.5 Å². The molecule has 1 fully saturated rings. The summed E-state index contributed by atoms with van der Waals surface area (Å²) >= 11 is 0. The lowest BCUT2D eigenvalue weighted by Gasteiger charge is -2.13. The molecular formula is C18H17F3O2. The zero-order valence-corrected chi connectivity index (χ0v) is 12.7. The molecule has 0 heterocycles. The molecule has 0 aromatic heterocycles. The Hall–Kier alpha value is -2.01. The van der Waals surface area contributed by atoms with Gasteiger partial charge in [0.2, 0.25) is 0 Å². The average Bonchev–Trinajstić information content (AvgIpc) is 3.32. The molecule has 23 heavy (non-hydrogen) atoms. The van der Waals surface area contributed by atoms with Crippen molar-refractivity contribution >= 4 is 0 Å². The highest BCUT2D eigenvalue weighted by molar-refractivity contribution is 5.39. The molecule has 0 unspecified atom stereocenters. The number of hydrogen-bond acceptors (Lipinski definition) is 2. The van der Waals surface area contributed by atoms with Gasteiger partial charge >= 0.3 is 6.18 Å². The molecule has 0 saturated heterocycles. The molecule has 2 aromatic carbocycles. The highest BCUT2D eigenvalue weighted by Crippen LogP contribution is 2.35. The molecule has 2 nitrogen and oxygen atoms in total. The van der Waals surface area contributed by atoms with E-state index in [1.807, 2.05) is 12.1 Å². The molecule has 0 amide bonds. The predicted molar refractivity (Wildman–Crippen MR) is 80.5 cm³/mol. The number of rotatable bonds is 5. The Labute approximate surface area is 132 Å². The van der Waals surface area contributed by atoms with E-state index < -0.39 is 11.7 Å². The molecule has 2 aromatic rings. The van der Waals surface area contributed by atoms with Crippen LogP contribution >= 0.6 is 0 Å². The maximum absolute atomic E-state index is 12.9. The highest BCUT2D eigenvalue weighted by Gasteiger charge is 2.32. The van der Waals surface area contributed by atoms with Crippen LogP contribution in [0.3, 0.4) is 0 Å². The lowest BCUT2D eigenvalue weighted by molar-refractivity contribution is -0.138. The largest absolute Gasteiger partial charge is 0.457 e. The van der Waals surface area contributed by atoms with Gasteiger partial charge in [-0.1, -0.05) is 18.2 Å². The Morgan fingerprint density at radius 2 is 1.65 bits per heavy atom. The Balaban J connectivity index is 1.68. The van der Waals surface area contributed by atoms with Crippen LogP contribution in [0.5, 0.6) is 11.5 Å².